The molecule has 1 rings (SSSR count). The second kappa shape index (κ2) is 14.9. The minimum atomic E-state index is -0.394. The minimum Gasteiger partial charge on any atom is -0.466 e. The third kappa shape index (κ3) is 11.0. The first kappa shape index (κ1) is 20.2. The average molecular weight is 278 g/mol. The number of methoxy groups -OCH3 is 1. The van der Waals surface area contributed by atoms with E-state index in [4.69, 9.17) is 10.2 Å². The van der Waals surface area contributed by atoms with Crippen LogP contribution in [-0.2, 0) is 9.53 Å². The number of ether oxygens (including phenoxy) is 1. The zero-order valence-electron chi connectivity index (χ0n) is 11.8. The normalized spacial score (nSPS) is 7.95. The molecule has 0 radical (unpaired) electrons. The zero-order valence-corrected chi connectivity index (χ0v) is 11.8. The van der Waals surface area contributed by atoms with Crippen LogP contribution in [0.3, 0.4) is 0 Å². The third-order valence-electron chi connectivity index (χ3n) is 1.90. The Labute approximate surface area is 120 Å². The van der Waals surface area contributed by atoms with Crippen molar-refractivity contribution >= 4 is 18.1 Å². The number of benzene rings is 1. The van der Waals surface area contributed by atoms with E-state index in [2.05, 4.69) is 24.5 Å². The fourth-order valence-electron chi connectivity index (χ4n) is 0.966. The Morgan fingerprint density at radius 2 is 1.50 bits per heavy atom. The largest absolute Gasteiger partial charge is 0.466 e. The number of aliphatic hydroxyl groups excluding tert-OH is 2. The van der Waals surface area contributed by atoms with Crippen LogP contribution in [0.1, 0.15) is 11.1 Å². The Bertz CT molecular complexity index is 382. The molecule has 0 heterocycles. The summed E-state index contributed by atoms with van der Waals surface area (Å²) >= 11 is 0. The topological polar surface area (TPSA) is 66.8 Å². The highest BCUT2D eigenvalue weighted by Gasteiger charge is 1.89. The molecule has 0 fully saturated rings. The van der Waals surface area contributed by atoms with E-state index in [1.54, 1.807) is 0 Å². The molecule has 0 unspecified atom stereocenters. The van der Waals surface area contributed by atoms with Crippen molar-refractivity contribution in [1.82, 2.24) is 0 Å². The molecular weight excluding hydrogens is 256 g/mol. The summed E-state index contributed by atoms with van der Waals surface area (Å²) in [6, 6.07) is 8.02. The van der Waals surface area contributed by atoms with Gasteiger partial charge in [-0.25, -0.2) is 4.79 Å². The maximum Gasteiger partial charge on any atom is 0.329 e. The highest BCUT2D eigenvalue weighted by Crippen LogP contribution is 2.10. The number of rotatable bonds is 4. The molecule has 4 nitrogen and oxygen atoms in total. The smallest absolute Gasteiger partial charge is 0.329 e. The van der Waals surface area contributed by atoms with E-state index in [0.29, 0.717) is 0 Å². The minimum absolute atomic E-state index is 0.125. The van der Waals surface area contributed by atoms with Crippen molar-refractivity contribution in [3.05, 3.63) is 61.2 Å². The van der Waals surface area contributed by atoms with Crippen LogP contribution < -0.4 is 0 Å². The molecule has 0 atom stereocenters. The van der Waals surface area contributed by atoms with Crippen molar-refractivity contribution in [3.63, 3.8) is 0 Å². The first-order valence-corrected chi connectivity index (χ1v) is 5.87. The van der Waals surface area contributed by atoms with Gasteiger partial charge in [0.1, 0.15) is 0 Å². The van der Waals surface area contributed by atoms with E-state index >= 15 is 0 Å². The lowest BCUT2D eigenvalue weighted by Crippen LogP contribution is -1.91. The summed E-state index contributed by atoms with van der Waals surface area (Å²) in [6.07, 6.45) is 4.77. The molecule has 1 aromatic carbocycles. The van der Waals surface area contributed by atoms with Gasteiger partial charge in [0, 0.05) is 6.08 Å². The van der Waals surface area contributed by atoms with Crippen molar-refractivity contribution < 1.29 is 19.7 Å². The molecule has 0 aliphatic rings. The summed E-state index contributed by atoms with van der Waals surface area (Å²) in [6.45, 7) is 10.3. The lowest BCUT2D eigenvalue weighted by molar-refractivity contribution is -0.134. The Hall–Kier alpha value is -2.17. The predicted octanol–water partition coefficient (Wildman–Crippen LogP) is 2.29. The van der Waals surface area contributed by atoms with Gasteiger partial charge in [-0.3, -0.25) is 0 Å². The number of hydrogen-bond acceptors (Lipinski definition) is 4. The van der Waals surface area contributed by atoms with Crippen molar-refractivity contribution in [2.75, 3.05) is 20.3 Å². The van der Waals surface area contributed by atoms with Gasteiger partial charge < -0.3 is 14.9 Å². The van der Waals surface area contributed by atoms with Gasteiger partial charge in [-0.1, -0.05) is 56.2 Å². The second-order valence-electron chi connectivity index (χ2n) is 3.21. The standard InChI is InChI=1S/C10H10.C4H6O2.C2H6O2/c1-3-9-7-5-6-8-10(9)4-2;1-3-4(5)6-2;3-1-2-4/h3-8H,1-2H2;3H,1H2,2H3;3-4H,1-2H2. The fourth-order valence-corrected chi connectivity index (χ4v) is 0.966. The molecule has 20 heavy (non-hydrogen) atoms. The summed E-state index contributed by atoms with van der Waals surface area (Å²) in [5.41, 5.74) is 2.27. The lowest BCUT2D eigenvalue weighted by atomic mass is 10.1. The van der Waals surface area contributed by atoms with Crippen molar-refractivity contribution in [2.45, 2.75) is 0 Å². The average Bonchev–Trinajstić information content (AvgIpc) is 2.54. The van der Waals surface area contributed by atoms with Crippen LogP contribution in [-0.4, -0.2) is 36.5 Å². The molecule has 0 saturated heterocycles. The van der Waals surface area contributed by atoms with E-state index in [1.165, 1.54) is 7.11 Å². The molecule has 0 bridgehead atoms. The summed E-state index contributed by atoms with van der Waals surface area (Å²) in [5, 5.41) is 15.2. The third-order valence-corrected chi connectivity index (χ3v) is 1.90. The van der Waals surface area contributed by atoms with Crippen LogP contribution in [0.5, 0.6) is 0 Å². The van der Waals surface area contributed by atoms with E-state index in [9.17, 15) is 4.79 Å². The van der Waals surface area contributed by atoms with E-state index in [0.717, 1.165) is 17.2 Å². The molecule has 0 amide bonds. The predicted molar refractivity (Wildman–Crippen MR) is 83.0 cm³/mol. The Morgan fingerprint density at radius 3 is 1.65 bits per heavy atom. The highest BCUT2D eigenvalue weighted by molar-refractivity contribution is 5.80. The summed E-state index contributed by atoms with van der Waals surface area (Å²) in [5.74, 6) is -0.394. The van der Waals surface area contributed by atoms with Crippen LogP contribution >= 0.6 is 0 Å². The van der Waals surface area contributed by atoms with Crippen molar-refractivity contribution in [3.8, 4) is 0 Å². The molecule has 4 heteroatoms. The number of esters is 1. The first-order valence-electron chi connectivity index (χ1n) is 5.87. The number of carbonyl (C=O) groups excluding carboxylic acids is 1. The molecule has 0 spiro atoms. The Balaban J connectivity index is 0. The molecule has 0 saturated carbocycles. The SMILES string of the molecule is C=CC(=O)OC.C=Cc1ccccc1C=C.OCCO. The Kier molecular flexibility index (Phi) is 15.0. The van der Waals surface area contributed by atoms with Gasteiger partial charge in [0.05, 0.1) is 20.3 Å². The fraction of sp³-hybridized carbons (Fsp3) is 0.188. The number of carbonyl (C=O) groups is 1. The van der Waals surface area contributed by atoms with Crippen LogP contribution in [0.2, 0.25) is 0 Å². The van der Waals surface area contributed by atoms with Gasteiger partial charge in [-0.15, -0.1) is 0 Å². The van der Waals surface area contributed by atoms with Crippen molar-refractivity contribution in [1.29, 1.82) is 0 Å². The zero-order chi connectivity index (χ0) is 15.8. The maximum atomic E-state index is 9.84. The molecule has 2 N–H and O–H groups in total. The summed E-state index contributed by atoms with van der Waals surface area (Å²) in [4.78, 5) is 9.84. The van der Waals surface area contributed by atoms with E-state index in [1.807, 2.05) is 36.4 Å². The van der Waals surface area contributed by atoms with E-state index in [-0.39, 0.29) is 13.2 Å². The quantitative estimate of drug-likeness (QED) is 0.655. The van der Waals surface area contributed by atoms with Gasteiger partial charge in [-0.05, 0) is 11.1 Å². The molecule has 1 aromatic rings. The van der Waals surface area contributed by atoms with Crippen LogP contribution in [0.15, 0.2) is 50.1 Å². The summed E-state index contributed by atoms with van der Waals surface area (Å²) < 4.78 is 4.14. The number of hydrogen-bond donors (Lipinski definition) is 2. The second-order valence-corrected chi connectivity index (χ2v) is 3.21. The molecule has 0 aliphatic heterocycles. The monoisotopic (exact) mass is 278 g/mol. The Morgan fingerprint density at radius 1 is 1.10 bits per heavy atom. The molecule has 110 valence electrons. The van der Waals surface area contributed by atoms with Crippen LogP contribution in [0.25, 0.3) is 12.2 Å². The molecule has 0 aliphatic carbocycles. The van der Waals surface area contributed by atoms with Gasteiger partial charge in [0.2, 0.25) is 0 Å². The van der Waals surface area contributed by atoms with E-state index < -0.39 is 5.97 Å². The van der Waals surface area contributed by atoms with Gasteiger partial charge >= 0.3 is 5.97 Å². The van der Waals surface area contributed by atoms with Gasteiger partial charge in [0.15, 0.2) is 0 Å². The van der Waals surface area contributed by atoms with Crippen molar-refractivity contribution in [2.24, 2.45) is 0 Å². The highest BCUT2D eigenvalue weighted by atomic mass is 16.5. The lowest BCUT2D eigenvalue weighted by Gasteiger charge is -1.96. The number of aliphatic hydroxyl groups is 2. The van der Waals surface area contributed by atoms with Crippen LogP contribution in [0.4, 0.5) is 0 Å². The van der Waals surface area contributed by atoms with Crippen LogP contribution in [0, 0.1) is 0 Å². The van der Waals surface area contributed by atoms with Gasteiger partial charge in [0.25, 0.3) is 0 Å². The molecular formula is C16H22O4. The first-order chi connectivity index (χ1) is 9.60. The molecule has 0 aromatic heterocycles. The summed E-state index contributed by atoms with van der Waals surface area (Å²) in [7, 11) is 1.31. The van der Waals surface area contributed by atoms with Gasteiger partial charge in [-0.2, -0.15) is 0 Å². The maximum absolute atomic E-state index is 9.84.